The minimum atomic E-state index is -0.251. The molecule has 1 aliphatic heterocycles. The molecule has 1 aromatic heterocycles. The number of halogens is 1. The van der Waals surface area contributed by atoms with Crippen molar-refractivity contribution in [2.75, 3.05) is 13.1 Å². The van der Waals surface area contributed by atoms with E-state index < -0.39 is 0 Å². The largest absolute Gasteiger partial charge is 0.342 e. The predicted octanol–water partition coefficient (Wildman–Crippen LogP) is 5.46. The number of hydrogen-bond acceptors (Lipinski definition) is 2. The standard InChI is InChI=1S/C26H24FN3O/c27-22-11-9-20(10-12-22)19-5-7-21(8-6-19)26(31)30-15-13-18(14-16-30)17-25-28-23-3-1-2-4-24(23)29-25/h1-12,18H,13-17H2,(H,28,29). The first kappa shape index (κ1) is 19.5. The molecule has 0 aliphatic carbocycles. The molecule has 156 valence electrons. The van der Waals surface area contributed by atoms with E-state index >= 15 is 0 Å². The van der Waals surface area contributed by atoms with Crippen LogP contribution in [0.15, 0.2) is 72.8 Å². The quantitative estimate of drug-likeness (QED) is 0.483. The van der Waals surface area contributed by atoms with Gasteiger partial charge in [0.25, 0.3) is 5.91 Å². The number of nitrogens with zero attached hydrogens (tertiary/aromatic N) is 2. The number of aromatic nitrogens is 2. The van der Waals surface area contributed by atoms with Crippen LogP contribution >= 0.6 is 0 Å². The first-order valence-corrected chi connectivity index (χ1v) is 10.7. The molecule has 4 nitrogen and oxygen atoms in total. The topological polar surface area (TPSA) is 49.0 Å². The van der Waals surface area contributed by atoms with Gasteiger partial charge < -0.3 is 9.88 Å². The Morgan fingerprint density at radius 3 is 2.26 bits per heavy atom. The van der Waals surface area contributed by atoms with Gasteiger partial charge in [0, 0.05) is 25.1 Å². The Morgan fingerprint density at radius 2 is 1.58 bits per heavy atom. The Labute approximate surface area is 180 Å². The van der Waals surface area contributed by atoms with Crippen molar-refractivity contribution in [3.05, 3.63) is 90.0 Å². The molecule has 0 unspecified atom stereocenters. The minimum Gasteiger partial charge on any atom is -0.342 e. The van der Waals surface area contributed by atoms with E-state index in [2.05, 4.69) is 16.0 Å². The third-order valence-corrected chi connectivity index (χ3v) is 6.13. The van der Waals surface area contributed by atoms with Gasteiger partial charge in [0.1, 0.15) is 11.6 Å². The molecule has 1 aliphatic rings. The third-order valence-electron chi connectivity index (χ3n) is 6.13. The molecule has 5 heteroatoms. The number of carbonyl (C=O) groups is 1. The molecule has 0 radical (unpaired) electrons. The number of imidazole rings is 1. The van der Waals surface area contributed by atoms with Gasteiger partial charge in [0.2, 0.25) is 0 Å². The van der Waals surface area contributed by atoms with E-state index in [9.17, 15) is 9.18 Å². The van der Waals surface area contributed by atoms with Crippen LogP contribution in [0.1, 0.15) is 29.0 Å². The van der Waals surface area contributed by atoms with Crippen LogP contribution < -0.4 is 0 Å². The summed E-state index contributed by atoms with van der Waals surface area (Å²) in [6.45, 7) is 1.53. The van der Waals surface area contributed by atoms with Gasteiger partial charge >= 0.3 is 0 Å². The van der Waals surface area contributed by atoms with Gasteiger partial charge in [-0.2, -0.15) is 0 Å². The number of rotatable bonds is 4. The SMILES string of the molecule is O=C(c1ccc(-c2ccc(F)cc2)cc1)N1CCC(Cc2nc3ccccc3[nH]2)CC1. The fourth-order valence-electron chi connectivity index (χ4n) is 4.35. The first-order chi connectivity index (χ1) is 15.2. The van der Waals surface area contributed by atoms with E-state index in [-0.39, 0.29) is 11.7 Å². The van der Waals surface area contributed by atoms with Crippen molar-refractivity contribution >= 4 is 16.9 Å². The highest BCUT2D eigenvalue weighted by Gasteiger charge is 2.24. The monoisotopic (exact) mass is 413 g/mol. The van der Waals surface area contributed by atoms with Crippen molar-refractivity contribution in [3.8, 4) is 11.1 Å². The summed E-state index contributed by atoms with van der Waals surface area (Å²) in [5, 5.41) is 0. The number of nitrogens with one attached hydrogen (secondary N) is 1. The van der Waals surface area contributed by atoms with E-state index in [1.54, 1.807) is 12.1 Å². The Morgan fingerprint density at radius 1 is 0.935 bits per heavy atom. The molecule has 0 bridgehead atoms. The number of aromatic amines is 1. The zero-order valence-electron chi connectivity index (χ0n) is 17.2. The van der Waals surface area contributed by atoms with Gasteiger partial charge in [-0.05, 0) is 66.3 Å². The van der Waals surface area contributed by atoms with Crippen molar-refractivity contribution in [1.29, 1.82) is 0 Å². The lowest BCUT2D eigenvalue weighted by atomic mass is 9.93. The molecule has 0 spiro atoms. The van der Waals surface area contributed by atoms with E-state index in [0.717, 1.165) is 60.3 Å². The van der Waals surface area contributed by atoms with Crippen molar-refractivity contribution in [3.63, 3.8) is 0 Å². The van der Waals surface area contributed by atoms with Gasteiger partial charge in [-0.1, -0.05) is 36.4 Å². The lowest BCUT2D eigenvalue weighted by molar-refractivity contribution is 0.0690. The summed E-state index contributed by atoms with van der Waals surface area (Å²) < 4.78 is 13.1. The maximum atomic E-state index is 13.1. The smallest absolute Gasteiger partial charge is 0.253 e. The minimum absolute atomic E-state index is 0.0767. The van der Waals surface area contributed by atoms with Gasteiger partial charge in [0.15, 0.2) is 0 Å². The van der Waals surface area contributed by atoms with E-state index in [0.29, 0.717) is 11.5 Å². The fraction of sp³-hybridized carbons (Fsp3) is 0.231. The second-order valence-electron chi connectivity index (χ2n) is 8.22. The normalized spacial score (nSPS) is 14.8. The zero-order valence-corrected chi connectivity index (χ0v) is 17.2. The number of hydrogen-bond donors (Lipinski definition) is 1. The molecule has 1 N–H and O–H groups in total. The number of piperidine rings is 1. The van der Waals surface area contributed by atoms with Gasteiger partial charge in [0.05, 0.1) is 11.0 Å². The number of carbonyl (C=O) groups excluding carboxylic acids is 1. The summed E-state index contributed by atoms with van der Waals surface area (Å²) in [6.07, 6.45) is 2.88. The summed E-state index contributed by atoms with van der Waals surface area (Å²) in [5.74, 6) is 1.39. The van der Waals surface area contributed by atoms with Crippen LogP contribution in [-0.2, 0) is 6.42 Å². The molecule has 0 atom stereocenters. The predicted molar refractivity (Wildman–Crippen MR) is 120 cm³/mol. The second kappa shape index (κ2) is 8.34. The molecule has 0 saturated carbocycles. The summed E-state index contributed by atoms with van der Waals surface area (Å²) >= 11 is 0. The summed E-state index contributed by atoms with van der Waals surface area (Å²) in [5.41, 5.74) is 4.69. The van der Waals surface area contributed by atoms with Crippen LogP contribution in [0.5, 0.6) is 0 Å². The van der Waals surface area contributed by atoms with E-state index in [4.69, 9.17) is 0 Å². The molecule has 5 rings (SSSR count). The van der Waals surface area contributed by atoms with Gasteiger partial charge in [-0.25, -0.2) is 9.37 Å². The Kier molecular flexibility index (Phi) is 5.24. The molecule has 1 amide bonds. The molecular formula is C26H24FN3O. The average Bonchev–Trinajstić information content (AvgIpc) is 3.22. The number of para-hydroxylation sites is 2. The highest BCUT2D eigenvalue weighted by Crippen LogP contribution is 2.25. The van der Waals surface area contributed by atoms with Crippen LogP contribution in [0, 0.1) is 11.7 Å². The van der Waals surface area contributed by atoms with Crippen LogP contribution in [0.3, 0.4) is 0 Å². The van der Waals surface area contributed by atoms with Crippen LogP contribution in [0.2, 0.25) is 0 Å². The Bertz CT molecular complexity index is 1160. The Balaban J connectivity index is 1.19. The summed E-state index contributed by atoms with van der Waals surface area (Å²) in [7, 11) is 0. The van der Waals surface area contributed by atoms with Crippen molar-refractivity contribution in [2.45, 2.75) is 19.3 Å². The molecule has 4 aromatic rings. The van der Waals surface area contributed by atoms with E-state index in [1.165, 1.54) is 12.1 Å². The van der Waals surface area contributed by atoms with Crippen molar-refractivity contribution in [1.82, 2.24) is 14.9 Å². The van der Waals surface area contributed by atoms with Crippen LogP contribution in [0.25, 0.3) is 22.2 Å². The zero-order chi connectivity index (χ0) is 21.2. The highest BCUT2D eigenvalue weighted by atomic mass is 19.1. The fourth-order valence-corrected chi connectivity index (χ4v) is 4.35. The molecular weight excluding hydrogens is 389 g/mol. The van der Waals surface area contributed by atoms with Crippen LogP contribution in [0.4, 0.5) is 4.39 Å². The van der Waals surface area contributed by atoms with Crippen LogP contribution in [-0.4, -0.2) is 33.9 Å². The highest BCUT2D eigenvalue weighted by molar-refractivity contribution is 5.94. The molecule has 31 heavy (non-hydrogen) atoms. The van der Waals surface area contributed by atoms with Crippen molar-refractivity contribution in [2.24, 2.45) is 5.92 Å². The number of H-pyrrole nitrogens is 1. The molecule has 2 heterocycles. The third kappa shape index (κ3) is 4.22. The first-order valence-electron chi connectivity index (χ1n) is 10.7. The second-order valence-corrected chi connectivity index (χ2v) is 8.22. The maximum absolute atomic E-state index is 13.1. The maximum Gasteiger partial charge on any atom is 0.253 e. The summed E-state index contributed by atoms with van der Waals surface area (Å²) in [4.78, 5) is 23.0. The number of fused-ring (bicyclic) bond motifs is 1. The molecule has 1 saturated heterocycles. The number of benzene rings is 3. The average molecular weight is 413 g/mol. The van der Waals surface area contributed by atoms with Gasteiger partial charge in [-0.3, -0.25) is 4.79 Å². The lowest BCUT2D eigenvalue weighted by Crippen LogP contribution is -2.39. The Hall–Kier alpha value is -3.47. The van der Waals surface area contributed by atoms with Crippen molar-refractivity contribution < 1.29 is 9.18 Å². The number of likely N-dealkylation sites (tertiary alicyclic amines) is 1. The van der Waals surface area contributed by atoms with E-state index in [1.807, 2.05) is 47.4 Å². The molecule has 3 aromatic carbocycles. The summed E-state index contributed by atoms with van der Waals surface area (Å²) in [6, 6.07) is 22.1. The van der Waals surface area contributed by atoms with Gasteiger partial charge in [-0.15, -0.1) is 0 Å². The lowest BCUT2D eigenvalue weighted by Gasteiger charge is -2.31. The number of amides is 1. The molecule has 1 fully saturated rings.